The summed E-state index contributed by atoms with van der Waals surface area (Å²) in [4.78, 5) is 39.2. The summed E-state index contributed by atoms with van der Waals surface area (Å²) in [7, 11) is 0. The Kier molecular flexibility index (Phi) is 7.32. The van der Waals surface area contributed by atoms with Crippen molar-refractivity contribution < 1.29 is 19.1 Å². The van der Waals surface area contributed by atoms with E-state index in [9.17, 15) is 14.4 Å². The zero-order chi connectivity index (χ0) is 24.9. The maximum atomic E-state index is 13.2. The molecule has 0 spiro atoms. The molecular formula is C28H25ClN2O4. The number of rotatable bonds is 7. The smallest absolute Gasteiger partial charge is 0.335 e. The highest BCUT2D eigenvalue weighted by molar-refractivity contribution is 6.39. The number of nitrogens with one attached hydrogen (secondary N) is 1. The third-order valence-electron chi connectivity index (χ3n) is 5.75. The minimum atomic E-state index is -0.772. The largest absolute Gasteiger partial charge is 0.494 e. The lowest BCUT2D eigenvalue weighted by Gasteiger charge is -2.26. The number of carbonyl (C=O) groups is 3. The number of halogens is 1. The number of nitrogens with zero attached hydrogens (tertiary/aromatic N) is 1. The van der Waals surface area contributed by atoms with Crippen molar-refractivity contribution in [1.29, 1.82) is 0 Å². The lowest BCUT2D eigenvalue weighted by molar-refractivity contribution is -0.122. The molecule has 1 saturated heterocycles. The number of benzene rings is 3. The molecule has 1 heterocycles. The molecule has 7 heteroatoms. The first-order valence-electron chi connectivity index (χ1n) is 11.4. The number of aryl methyl sites for hydroxylation is 1. The lowest BCUT2D eigenvalue weighted by Crippen LogP contribution is -2.54. The van der Waals surface area contributed by atoms with Gasteiger partial charge >= 0.3 is 6.03 Å². The second-order valence-electron chi connectivity index (χ2n) is 8.05. The molecule has 0 radical (unpaired) electrons. The van der Waals surface area contributed by atoms with E-state index in [1.807, 2.05) is 56.3 Å². The van der Waals surface area contributed by atoms with Gasteiger partial charge in [0.2, 0.25) is 0 Å². The predicted molar refractivity (Wildman–Crippen MR) is 137 cm³/mol. The summed E-state index contributed by atoms with van der Waals surface area (Å²) in [5, 5.41) is 2.93. The number of anilines is 1. The van der Waals surface area contributed by atoms with E-state index >= 15 is 0 Å². The van der Waals surface area contributed by atoms with Gasteiger partial charge in [-0.05, 0) is 65.9 Å². The maximum absolute atomic E-state index is 13.2. The second-order valence-corrected chi connectivity index (χ2v) is 8.45. The highest BCUT2D eigenvalue weighted by Crippen LogP contribution is 2.28. The quantitative estimate of drug-likeness (QED) is 0.349. The topological polar surface area (TPSA) is 75.7 Å². The number of urea groups is 1. The summed E-state index contributed by atoms with van der Waals surface area (Å²) in [5.41, 5.74) is 3.83. The van der Waals surface area contributed by atoms with Crippen LogP contribution in [0.15, 0.2) is 72.3 Å². The molecule has 0 saturated carbocycles. The van der Waals surface area contributed by atoms with Gasteiger partial charge in [-0.2, -0.15) is 0 Å². The van der Waals surface area contributed by atoms with E-state index in [4.69, 9.17) is 16.3 Å². The van der Waals surface area contributed by atoms with Gasteiger partial charge < -0.3 is 4.74 Å². The molecule has 0 atom stereocenters. The van der Waals surface area contributed by atoms with Gasteiger partial charge in [-0.15, -0.1) is 0 Å². The van der Waals surface area contributed by atoms with E-state index in [1.165, 1.54) is 6.08 Å². The van der Waals surface area contributed by atoms with Crippen molar-refractivity contribution in [3.8, 4) is 5.75 Å². The Morgan fingerprint density at radius 3 is 2.37 bits per heavy atom. The van der Waals surface area contributed by atoms with Crippen molar-refractivity contribution in [3.63, 3.8) is 0 Å². The predicted octanol–water partition coefficient (Wildman–Crippen LogP) is 5.56. The first-order valence-corrected chi connectivity index (χ1v) is 11.8. The van der Waals surface area contributed by atoms with Gasteiger partial charge in [0.25, 0.3) is 11.8 Å². The average molecular weight is 489 g/mol. The molecule has 0 aliphatic carbocycles. The normalized spacial score (nSPS) is 14.9. The Morgan fingerprint density at radius 2 is 1.69 bits per heavy atom. The number of ether oxygens (including phenoxy) is 1. The molecule has 178 valence electrons. The van der Waals surface area contributed by atoms with Crippen LogP contribution in [-0.2, 0) is 22.4 Å². The Hall–Kier alpha value is -3.90. The molecule has 0 aromatic heterocycles. The van der Waals surface area contributed by atoms with Crippen LogP contribution in [0.2, 0.25) is 5.02 Å². The minimum absolute atomic E-state index is 0.134. The molecule has 3 aromatic rings. The zero-order valence-corrected chi connectivity index (χ0v) is 20.3. The van der Waals surface area contributed by atoms with E-state index in [0.717, 1.165) is 28.0 Å². The van der Waals surface area contributed by atoms with Crippen LogP contribution in [0.5, 0.6) is 5.75 Å². The summed E-state index contributed by atoms with van der Waals surface area (Å²) < 4.78 is 5.84. The number of hydrogen-bond acceptors (Lipinski definition) is 4. The van der Waals surface area contributed by atoms with Gasteiger partial charge in [-0.25, -0.2) is 9.69 Å². The Balaban J connectivity index is 1.66. The van der Waals surface area contributed by atoms with Crippen molar-refractivity contribution in [2.45, 2.75) is 26.7 Å². The van der Waals surface area contributed by atoms with Crippen molar-refractivity contribution >= 4 is 41.2 Å². The maximum Gasteiger partial charge on any atom is 0.335 e. The summed E-state index contributed by atoms with van der Waals surface area (Å²) >= 11 is 6.32. The molecule has 1 fully saturated rings. The SMILES string of the molecule is CCOc1cc(/C=C2\C(=O)NC(=O)N(c3ccc(CC)cc3)C2=O)ccc1Cc1ccccc1Cl. The summed E-state index contributed by atoms with van der Waals surface area (Å²) in [6.07, 6.45) is 2.87. The van der Waals surface area contributed by atoms with Crippen LogP contribution in [0.3, 0.4) is 0 Å². The van der Waals surface area contributed by atoms with Crippen molar-refractivity contribution in [3.05, 3.63) is 99.6 Å². The van der Waals surface area contributed by atoms with Crippen LogP contribution in [0, 0.1) is 0 Å². The fraction of sp³-hybridized carbons (Fsp3) is 0.179. The molecule has 0 unspecified atom stereocenters. The zero-order valence-electron chi connectivity index (χ0n) is 19.5. The van der Waals surface area contributed by atoms with Crippen LogP contribution in [0.4, 0.5) is 10.5 Å². The molecular weight excluding hydrogens is 464 g/mol. The highest BCUT2D eigenvalue weighted by Gasteiger charge is 2.36. The van der Waals surface area contributed by atoms with Gasteiger partial charge in [0.1, 0.15) is 11.3 Å². The van der Waals surface area contributed by atoms with E-state index in [1.54, 1.807) is 24.3 Å². The van der Waals surface area contributed by atoms with Gasteiger partial charge in [0.05, 0.1) is 12.3 Å². The van der Waals surface area contributed by atoms with E-state index in [-0.39, 0.29) is 5.57 Å². The molecule has 1 aliphatic rings. The van der Waals surface area contributed by atoms with Gasteiger partial charge in [-0.1, -0.05) is 61.0 Å². The highest BCUT2D eigenvalue weighted by atomic mass is 35.5. The standard InChI is InChI=1S/C28H25ClN2O4/c1-3-18-10-13-22(14-11-18)31-27(33)23(26(32)30-28(31)34)15-19-9-12-21(25(16-19)35-4-2)17-20-7-5-6-8-24(20)29/h5-16H,3-4,17H2,1-2H3,(H,30,32,34)/b23-15+. The van der Waals surface area contributed by atoms with E-state index in [0.29, 0.717) is 35.1 Å². The third-order valence-corrected chi connectivity index (χ3v) is 6.11. The lowest BCUT2D eigenvalue weighted by atomic mass is 10.0. The Bertz CT molecular complexity index is 1310. The van der Waals surface area contributed by atoms with Crippen LogP contribution in [-0.4, -0.2) is 24.5 Å². The number of amides is 4. The minimum Gasteiger partial charge on any atom is -0.494 e. The molecule has 1 N–H and O–H groups in total. The Labute approximate surface area is 209 Å². The van der Waals surface area contributed by atoms with Crippen molar-refractivity contribution in [2.24, 2.45) is 0 Å². The molecule has 0 bridgehead atoms. The van der Waals surface area contributed by atoms with Crippen LogP contribution >= 0.6 is 11.6 Å². The van der Waals surface area contributed by atoms with E-state index in [2.05, 4.69) is 5.32 Å². The molecule has 1 aliphatic heterocycles. The van der Waals surface area contributed by atoms with Crippen LogP contribution < -0.4 is 15.0 Å². The van der Waals surface area contributed by atoms with Gasteiger partial charge in [0.15, 0.2) is 0 Å². The van der Waals surface area contributed by atoms with Crippen molar-refractivity contribution in [2.75, 3.05) is 11.5 Å². The summed E-state index contributed by atoms with van der Waals surface area (Å²) in [6.45, 7) is 4.35. The molecule has 3 aromatic carbocycles. The molecule has 6 nitrogen and oxygen atoms in total. The number of imide groups is 2. The summed E-state index contributed by atoms with van der Waals surface area (Å²) in [5.74, 6) is -0.783. The first kappa shape index (κ1) is 24.2. The average Bonchev–Trinajstić information content (AvgIpc) is 2.85. The Morgan fingerprint density at radius 1 is 0.943 bits per heavy atom. The van der Waals surface area contributed by atoms with Crippen molar-refractivity contribution in [1.82, 2.24) is 5.32 Å². The van der Waals surface area contributed by atoms with Gasteiger partial charge in [-0.3, -0.25) is 14.9 Å². The third kappa shape index (κ3) is 5.28. The molecule has 4 amide bonds. The fourth-order valence-electron chi connectivity index (χ4n) is 3.88. The monoisotopic (exact) mass is 488 g/mol. The van der Waals surface area contributed by atoms with Gasteiger partial charge in [0, 0.05) is 11.4 Å². The number of barbiturate groups is 1. The van der Waals surface area contributed by atoms with Crippen LogP contribution in [0.25, 0.3) is 6.08 Å². The van der Waals surface area contributed by atoms with E-state index < -0.39 is 17.8 Å². The first-order chi connectivity index (χ1) is 16.9. The number of hydrogen-bond donors (Lipinski definition) is 1. The molecule has 35 heavy (non-hydrogen) atoms. The summed E-state index contributed by atoms with van der Waals surface area (Å²) in [6, 6.07) is 19.4. The molecule has 4 rings (SSSR count). The second kappa shape index (κ2) is 10.6. The van der Waals surface area contributed by atoms with Crippen LogP contribution in [0.1, 0.15) is 36.1 Å². The fourth-order valence-corrected chi connectivity index (χ4v) is 4.09. The number of carbonyl (C=O) groups excluding carboxylic acids is 3.